The third-order valence-electron chi connectivity index (χ3n) is 15.5. The van der Waals surface area contributed by atoms with E-state index in [1.54, 1.807) is 0 Å². The second kappa shape index (κ2) is 17.5. The van der Waals surface area contributed by atoms with Crippen LogP contribution in [0.3, 0.4) is 0 Å². The summed E-state index contributed by atoms with van der Waals surface area (Å²) in [4.78, 5) is 2.53. The first-order chi connectivity index (χ1) is 36.0. The summed E-state index contributed by atoms with van der Waals surface area (Å²) in [7, 11) is 0. The van der Waals surface area contributed by atoms with Gasteiger partial charge < -0.3 is 9.47 Å². The van der Waals surface area contributed by atoms with E-state index in [1.165, 1.54) is 93.2 Å². The average molecular weight is 951 g/mol. The van der Waals surface area contributed by atoms with Crippen LogP contribution in [0.4, 0.5) is 17.1 Å². The van der Waals surface area contributed by atoms with Gasteiger partial charge in [0.1, 0.15) is 0 Å². The number of aromatic nitrogens is 1. The highest BCUT2D eigenvalue weighted by atomic mass is 15.1. The molecule has 0 saturated heterocycles. The third-order valence-corrected chi connectivity index (χ3v) is 15.5. The van der Waals surface area contributed by atoms with E-state index in [-0.39, 0.29) is 10.8 Å². The van der Waals surface area contributed by atoms with Gasteiger partial charge in [0.25, 0.3) is 0 Å². The molecule has 13 rings (SSSR count). The van der Waals surface area contributed by atoms with E-state index >= 15 is 0 Å². The summed E-state index contributed by atoms with van der Waals surface area (Å²) in [6, 6.07) is 90.4. The number of hydrogen-bond donors (Lipinski definition) is 0. The Morgan fingerprint density at radius 2 is 0.743 bits per heavy atom. The number of nitrogens with zero attached hydrogens (tertiary/aromatic N) is 2. The number of anilines is 3. The third kappa shape index (κ3) is 7.64. The molecule has 2 heteroatoms. The van der Waals surface area contributed by atoms with Crippen molar-refractivity contribution in [3.8, 4) is 50.2 Å². The molecular weight excluding hydrogens is 893 g/mol. The van der Waals surface area contributed by atoms with Crippen molar-refractivity contribution in [3.05, 3.63) is 254 Å². The maximum atomic E-state index is 2.53. The number of rotatable bonds is 8. The van der Waals surface area contributed by atoms with Crippen LogP contribution in [0.2, 0.25) is 0 Å². The Morgan fingerprint density at radius 3 is 1.24 bits per heavy atom. The summed E-state index contributed by atoms with van der Waals surface area (Å²) < 4.78 is 2.53. The number of hydrogen-bond acceptors (Lipinski definition) is 1. The molecule has 74 heavy (non-hydrogen) atoms. The van der Waals surface area contributed by atoms with Crippen LogP contribution in [0.1, 0.15) is 52.7 Å². The highest BCUT2D eigenvalue weighted by Gasteiger charge is 2.27. The largest absolute Gasteiger partial charge is 0.309 e. The molecule has 1 aromatic heterocycles. The first-order valence-electron chi connectivity index (χ1n) is 26.1. The predicted octanol–water partition coefficient (Wildman–Crippen LogP) is 20.4. The fourth-order valence-corrected chi connectivity index (χ4v) is 11.5. The maximum Gasteiger partial charge on any atom is 0.0618 e. The Kier molecular flexibility index (Phi) is 10.7. The van der Waals surface area contributed by atoms with Crippen molar-refractivity contribution in [2.45, 2.75) is 52.4 Å². The van der Waals surface area contributed by atoms with Crippen molar-refractivity contribution in [1.82, 2.24) is 4.57 Å². The van der Waals surface area contributed by atoms with E-state index in [4.69, 9.17) is 0 Å². The maximum absolute atomic E-state index is 2.53. The molecule has 0 fully saturated rings. The van der Waals surface area contributed by atoms with Crippen molar-refractivity contribution in [1.29, 1.82) is 0 Å². The quantitative estimate of drug-likeness (QED) is 0.138. The molecule has 0 radical (unpaired) electrons. The van der Waals surface area contributed by atoms with Crippen molar-refractivity contribution in [2.24, 2.45) is 0 Å². The zero-order chi connectivity index (χ0) is 50.3. The van der Waals surface area contributed by atoms with Gasteiger partial charge in [0, 0.05) is 38.4 Å². The minimum Gasteiger partial charge on any atom is -0.309 e. The molecular formula is C72H58N2. The molecule has 1 heterocycles. The number of fused-ring (bicyclic) bond motifs is 3. The van der Waals surface area contributed by atoms with Crippen LogP contribution in [0, 0.1) is 0 Å². The Hall–Kier alpha value is -8.72. The number of para-hydroxylation sites is 1. The Bertz CT molecular complexity index is 4080. The summed E-state index contributed by atoms with van der Waals surface area (Å²) in [6.07, 6.45) is 0. The molecule has 2 nitrogen and oxygen atoms in total. The van der Waals surface area contributed by atoms with Crippen molar-refractivity contribution in [3.63, 3.8) is 0 Å². The molecule has 0 unspecified atom stereocenters. The average Bonchev–Trinajstić information content (AvgIpc) is 3.77. The summed E-state index contributed by atoms with van der Waals surface area (Å²) in [5.74, 6) is 0. The SMILES string of the molecule is CC(C)(C)c1ccc2c(c1)c1cc(C(C)(C)C)ccc1n2-c1ccc2ccc3c(N(c4ccc(-c5ccc(-c6ccccc6)cc5)cc4)c4c(-c5ccccc5)cccc4-c4ccccc4)ccc4ccc1c2c43. The molecule has 0 aliphatic carbocycles. The van der Waals surface area contributed by atoms with E-state index in [1.807, 2.05) is 0 Å². The zero-order valence-electron chi connectivity index (χ0n) is 43.0. The molecule has 356 valence electrons. The number of benzene rings is 12. The Morgan fingerprint density at radius 1 is 0.324 bits per heavy atom. The van der Waals surface area contributed by atoms with Crippen molar-refractivity contribution in [2.75, 3.05) is 4.90 Å². The van der Waals surface area contributed by atoms with Gasteiger partial charge in [0.05, 0.1) is 28.1 Å². The van der Waals surface area contributed by atoms with Gasteiger partial charge in [-0.25, -0.2) is 0 Å². The monoisotopic (exact) mass is 950 g/mol. The molecule has 0 bridgehead atoms. The van der Waals surface area contributed by atoms with Gasteiger partial charge in [0.15, 0.2) is 0 Å². The zero-order valence-corrected chi connectivity index (χ0v) is 43.0. The van der Waals surface area contributed by atoms with E-state index in [0.29, 0.717) is 0 Å². The molecule has 0 amide bonds. The standard InChI is InChI=1S/C72H58N2/c1-71(2,3)55-35-43-66-62(45-55)63-46-56(72(4,5)6)36-44-67(63)74(66)65-42-34-54-31-39-60-64(41-33-53-32-40-61(65)69(54)68(53)60)73(57-37-29-50(30-38-57)49-27-25-48(26-28-49)47-17-10-7-11-18-47)70-58(51-19-12-8-13-20-51)23-16-24-59(70)52-21-14-9-15-22-52/h7-46H,1-6H3. The van der Waals surface area contributed by atoms with Crippen LogP contribution in [-0.2, 0) is 10.8 Å². The second-order valence-corrected chi connectivity index (χ2v) is 22.2. The van der Waals surface area contributed by atoms with E-state index in [2.05, 4.69) is 294 Å². The van der Waals surface area contributed by atoms with Crippen molar-refractivity contribution < 1.29 is 0 Å². The van der Waals surface area contributed by atoms with Gasteiger partial charge in [-0.1, -0.05) is 236 Å². The molecule has 0 aliphatic rings. The van der Waals surface area contributed by atoms with Gasteiger partial charge in [0.2, 0.25) is 0 Å². The van der Waals surface area contributed by atoms with Gasteiger partial charge in [-0.15, -0.1) is 0 Å². The minimum absolute atomic E-state index is 0.0173. The summed E-state index contributed by atoms with van der Waals surface area (Å²) in [5.41, 5.74) is 19.1. The lowest BCUT2D eigenvalue weighted by molar-refractivity contribution is 0.590. The minimum atomic E-state index is 0.0173. The molecule has 13 aromatic rings. The first kappa shape index (κ1) is 45.2. The molecule has 0 spiro atoms. The lowest BCUT2D eigenvalue weighted by Gasteiger charge is -2.32. The molecule has 12 aromatic carbocycles. The highest BCUT2D eigenvalue weighted by Crippen LogP contribution is 2.51. The van der Waals surface area contributed by atoms with Gasteiger partial charge >= 0.3 is 0 Å². The lowest BCUT2D eigenvalue weighted by atomic mass is 9.85. The van der Waals surface area contributed by atoms with E-state index in [9.17, 15) is 0 Å². The summed E-state index contributed by atoms with van der Waals surface area (Å²) in [5, 5.41) is 10.0. The lowest BCUT2D eigenvalue weighted by Crippen LogP contribution is -2.13. The van der Waals surface area contributed by atoms with Gasteiger partial charge in [-0.2, -0.15) is 0 Å². The smallest absolute Gasteiger partial charge is 0.0618 e. The second-order valence-electron chi connectivity index (χ2n) is 22.2. The predicted molar refractivity (Wildman–Crippen MR) is 318 cm³/mol. The van der Waals surface area contributed by atoms with Gasteiger partial charge in [-0.3, -0.25) is 0 Å². The van der Waals surface area contributed by atoms with Gasteiger partial charge in [-0.05, 0) is 125 Å². The molecule has 0 aliphatic heterocycles. The van der Waals surface area contributed by atoms with E-state index in [0.717, 1.165) is 39.3 Å². The fraction of sp³-hybridized carbons (Fsp3) is 0.111. The van der Waals surface area contributed by atoms with Crippen LogP contribution in [0.5, 0.6) is 0 Å². The van der Waals surface area contributed by atoms with E-state index < -0.39 is 0 Å². The molecule has 0 N–H and O–H groups in total. The van der Waals surface area contributed by atoms with Crippen LogP contribution in [0.15, 0.2) is 243 Å². The van der Waals surface area contributed by atoms with Crippen LogP contribution in [0.25, 0.3) is 104 Å². The molecule has 0 atom stereocenters. The molecule has 0 saturated carbocycles. The Labute approximate surface area is 434 Å². The normalized spacial score (nSPS) is 12.2. The first-order valence-corrected chi connectivity index (χ1v) is 26.1. The van der Waals surface area contributed by atoms with Crippen LogP contribution < -0.4 is 4.90 Å². The fourth-order valence-electron chi connectivity index (χ4n) is 11.5. The van der Waals surface area contributed by atoms with Crippen LogP contribution >= 0.6 is 0 Å². The highest BCUT2D eigenvalue weighted by molar-refractivity contribution is 6.28. The Balaban J connectivity index is 1.05. The van der Waals surface area contributed by atoms with Crippen LogP contribution in [-0.4, -0.2) is 4.57 Å². The topological polar surface area (TPSA) is 8.17 Å². The summed E-state index contributed by atoms with van der Waals surface area (Å²) in [6.45, 7) is 13.9. The summed E-state index contributed by atoms with van der Waals surface area (Å²) >= 11 is 0. The van der Waals surface area contributed by atoms with Crippen molar-refractivity contribution >= 4 is 71.2 Å².